The van der Waals surface area contributed by atoms with Gasteiger partial charge in [0.2, 0.25) is 0 Å². The summed E-state index contributed by atoms with van der Waals surface area (Å²) in [5.41, 5.74) is 0.364. The van der Waals surface area contributed by atoms with Gasteiger partial charge in [-0.05, 0) is 54.6 Å². The Kier molecular flexibility index (Phi) is 8.02. The summed E-state index contributed by atoms with van der Waals surface area (Å²) >= 11 is 12.4. The molecule has 37 heavy (non-hydrogen) atoms. The third-order valence-electron chi connectivity index (χ3n) is 6.62. The van der Waals surface area contributed by atoms with E-state index in [1.807, 2.05) is 11.0 Å². The standard InChI is InChI=1S/C27H24Cl2F4N2O2/c1-34(13-16-7-9-20(23(30)11-16)27(31,32)33)24-15-35(26(36)18-5-3-4-6-25(18)37-2)14-19(24)17-8-10-21(28)22(29)12-17/h3-12,19,24H,13-15H2,1-2H3/t19-,24+/m1/s1. The van der Waals surface area contributed by atoms with Crippen LogP contribution in [0.4, 0.5) is 17.6 Å². The van der Waals surface area contributed by atoms with Crippen molar-refractivity contribution in [2.24, 2.45) is 0 Å². The molecule has 0 unspecified atom stereocenters. The first-order valence-corrected chi connectivity index (χ1v) is 12.2. The van der Waals surface area contributed by atoms with Gasteiger partial charge in [-0.15, -0.1) is 0 Å². The first-order valence-electron chi connectivity index (χ1n) is 11.4. The molecule has 10 heteroatoms. The number of hydrogen-bond donors (Lipinski definition) is 0. The van der Waals surface area contributed by atoms with Crippen molar-refractivity contribution in [2.75, 3.05) is 27.2 Å². The van der Waals surface area contributed by atoms with E-state index in [0.717, 1.165) is 17.7 Å². The minimum atomic E-state index is -4.77. The number of hydrogen-bond acceptors (Lipinski definition) is 3. The monoisotopic (exact) mass is 554 g/mol. The number of halogens is 6. The quantitative estimate of drug-likeness (QED) is 0.311. The van der Waals surface area contributed by atoms with Crippen molar-refractivity contribution in [3.63, 3.8) is 0 Å². The summed E-state index contributed by atoms with van der Waals surface area (Å²) < 4.78 is 58.5. The van der Waals surface area contributed by atoms with E-state index in [1.54, 1.807) is 48.3 Å². The number of ether oxygens (including phenoxy) is 1. The third kappa shape index (κ3) is 5.87. The zero-order valence-electron chi connectivity index (χ0n) is 20.0. The van der Waals surface area contributed by atoms with Crippen molar-refractivity contribution in [1.82, 2.24) is 9.80 Å². The molecule has 0 radical (unpaired) electrons. The summed E-state index contributed by atoms with van der Waals surface area (Å²) in [7, 11) is 3.29. The molecule has 1 saturated heterocycles. The molecule has 1 aliphatic rings. The number of nitrogens with zero attached hydrogens (tertiary/aromatic N) is 2. The van der Waals surface area contributed by atoms with Crippen LogP contribution in [0.5, 0.6) is 5.75 Å². The maximum absolute atomic E-state index is 14.2. The van der Waals surface area contributed by atoms with Gasteiger partial charge in [0.25, 0.3) is 5.91 Å². The van der Waals surface area contributed by atoms with Crippen LogP contribution in [-0.2, 0) is 12.7 Å². The van der Waals surface area contributed by atoms with Crippen molar-refractivity contribution < 1.29 is 27.1 Å². The highest BCUT2D eigenvalue weighted by Gasteiger charge is 2.40. The molecule has 196 valence electrons. The lowest BCUT2D eigenvalue weighted by Gasteiger charge is -2.29. The van der Waals surface area contributed by atoms with Crippen molar-refractivity contribution >= 4 is 29.1 Å². The third-order valence-corrected chi connectivity index (χ3v) is 7.36. The van der Waals surface area contributed by atoms with Crippen LogP contribution in [0.2, 0.25) is 10.0 Å². The summed E-state index contributed by atoms with van der Waals surface area (Å²) in [6, 6.07) is 14.9. The van der Waals surface area contributed by atoms with Crippen LogP contribution in [0.1, 0.15) is 33.0 Å². The van der Waals surface area contributed by atoms with Crippen LogP contribution in [0, 0.1) is 5.82 Å². The van der Waals surface area contributed by atoms with Gasteiger partial charge in [0.15, 0.2) is 0 Å². The zero-order chi connectivity index (χ0) is 26.9. The van der Waals surface area contributed by atoms with E-state index < -0.39 is 17.6 Å². The summed E-state index contributed by atoms with van der Waals surface area (Å²) in [4.78, 5) is 17.1. The average Bonchev–Trinajstić information content (AvgIpc) is 3.30. The number of rotatable bonds is 6. The number of para-hydroxylation sites is 1. The zero-order valence-corrected chi connectivity index (χ0v) is 21.5. The largest absolute Gasteiger partial charge is 0.496 e. The van der Waals surface area contributed by atoms with Crippen LogP contribution in [0.15, 0.2) is 60.7 Å². The van der Waals surface area contributed by atoms with Gasteiger partial charge in [0.05, 0.1) is 28.3 Å². The van der Waals surface area contributed by atoms with E-state index in [9.17, 15) is 22.4 Å². The lowest BCUT2D eigenvalue weighted by atomic mass is 9.93. The minimum absolute atomic E-state index is 0.175. The SMILES string of the molecule is COc1ccccc1C(=O)N1C[C@H](c2ccc(Cl)c(Cl)c2)[C@@H](N(C)Cc2ccc(C(F)(F)F)c(F)c2)C1. The predicted molar refractivity (Wildman–Crippen MR) is 135 cm³/mol. The van der Waals surface area contributed by atoms with Crippen LogP contribution >= 0.6 is 23.2 Å². The number of alkyl halides is 3. The Morgan fingerprint density at radius 3 is 2.43 bits per heavy atom. The lowest BCUT2D eigenvalue weighted by Crippen LogP contribution is -2.38. The molecule has 1 fully saturated rings. The lowest BCUT2D eigenvalue weighted by molar-refractivity contribution is -0.140. The van der Waals surface area contributed by atoms with Gasteiger partial charge in [-0.2, -0.15) is 13.2 Å². The molecule has 0 spiro atoms. The van der Waals surface area contributed by atoms with E-state index >= 15 is 0 Å². The van der Waals surface area contributed by atoms with E-state index in [-0.39, 0.29) is 24.4 Å². The molecule has 1 amide bonds. The van der Waals surface area contributed by atoms with Crippen LogP contribution in [0.3, 0.4) is 0 Å². The Labute approximate surface area is 222 Å². The van der Waals surface area contributed by atoms with E-state index in [1.165, 1.54) is 13.2 Å². The van der Waals surface area contributed by atoms with Gasteiger partial charge in [0.1, 0.15) is 11.6 Å². The Morgan fingerprint density at radius 1 is 1.05 bits per heavy atom. The molecule has 1 aliphatic heterocycles. The maximum atomic E-state index is 14.2. The first kappa shape index (κ1) is 27.2. The Balaban J connectivity index is 1.63. The second-order valence-corrected chi connectivity index (χ2v) is 9.80. The summed E-state index contributed by atoms with van der Waals surface area (Å²) in [6.45, 7) is 0.876. The smallest absolute Gasteiger partial charge is 0.419 e. The highest BCUT2D eigenvalue weighted by atomic mass is 35.5. The molecule has 4 rings (SSSR count). The van der Waals surface area contributed by atoms with Gasteiger partial charge in [-0.25, -0.2) is 4.39 Å². The van der Waals surface area contributed by atoms with Crippen molar-refractivity contribution in [1.29, 1.82) is 0 Å². The number of carbonyl (C=O) groups is 1. The molecule has 0 bridgehead atoms. The molecule has 0 aliphatic carbocycles. The molecule has 4 nitrogen and oxygen atoms in total. The van der Waals surface area contributed by atoms with Gasteiger partial charge in [0, 0.05) is 31.6 Å². The summed E-state index contributed by atoms with van der Waals surface area (Å²) in [5, 5.41) is 0.774. The van der Waals surface area contributed by atoms with E-state index in [0.29, 0.717) is 40.0 Å². The predicted octanol–water partition coefficient (Wildman–Crippen LogP) is 6.90. The van der Waals surface area contributed by atoms with Crippen LogP contribution in [-0.4, -0.2) is 49.0 Å². The number of likely N-dealkylation sites (tertiary alicyclic amines) is 1. The second kappa shape index (κ2) is 10.9. The number of carbonyl (C=O) groups excluding carboxylic acids is 1. The summed E-state index contributed by atoms with van der Waals surface area (Å²) in [5.74, 6) is -1.26. The number of methoxy groups -OCH3 is 1. The fourth-order valence-corrected chi connectivity index (χ4v) is 5.06. The van der Waals surface area contributed by atoms with Crippen molar-refractivity contribution in [2.45, 2.75) is 24.7 Å². The van der Waals surface area contributed by atoms with Gasteiger partial charge >= 0.3 is 6.18 Å². The molecule has 0 N–H and O–H groups in total. The Bertz CT molecular complexity index is 1300. The molecule has 3 aromatic rings. The maximum Gasteiger partial charge on any atom is 0.419 e. The fourth-order valence-electron chi connectivity index (χ4n) is 4.75. The molecule has 0 aromatic heterocycles. The highest BCUT2D eigenvalue weighted by molar-refractivity contribution is 6.42. The fraction of sp³-hybridized carbons (Fsp3) is 0.296. The van der Waals surface area contributed by atoms with Gasteiger partial charge in [-0.3, -0.25) is 9.69 Å². The Morgan fingerprint density at radius 2 is 1.78 bits per heavy atom. The number of benzene rings is 3. The van der Waals surface area contributed by atoms with Crippen LogP contribution in [0.25, 0.3) is 0 Å². The molecule has 2 atom stereocenters. The molecular formula is C27H24Cl2F4N2O2. The molecule has 3 aromatic carbocycles. The molecule has 0 saturated carbocycles. The van der Waals surface area contributed by atoms with Gasteiger partial charge < -0.3 is 9.64 Å². The van der Waals surface area contributed by atoms with Crippen LogP contribution < -0.4 is 4.74 Å². The van der Waals surface area contributed by atoms with E-state index in [4.69, 9.17) is 27.9 Å². The minimum Gasteiger partial charge on any atom is -0.496 e. The average molecular weight is 555 g/mol. The first-order chi connectivity index (χ1) is 17.5. The van der Waals surface area contributed by atoms with Crippen molar-refractivity contribution in [3.8, 4) is 5.75 Å². The van der Waals surface area contributed by atoms with Gasteiger partial charge in [-0.1, -0.05) is 47.5 Å². The Hall–Kier alpha value is -2.81. The van der Waals surface area contributed by atoms with E-state index in [2.05, 4.69) is 0 Å². The normalized spacial score (nSPS) is 17.9. The number of likely N-dealkylation sites (N-methyl/N-ethyl adjacent to an activating group) is 1. The summed E-state index contributed by atoms with van der Waals surface area (Å²) in [6.07, 6.45) is -4.77. The number of amides is 1. The molecular weight excluding hydrogens is 531 g/mol. The second-order valence-electron chi connectivity index (χ2n) is 8.98. The highest BCUT2D eigenvalue weighted by Crippen LogP contribution is 2.36. The topological polar surface area (TPSA) is 32.8 Å². The molecule has 1 heterocycles. The van der Waals surface area contributed by atoms with Crippen molar-refractivity contribution in [3.05, 3.63) is 98.8 Å².